The largest absolute Gasteiger partial charge is 0.240 e. The highest BCUT2D eigenvalue weighted by Gasteiger charge is 2.17. The molecule has 0 aliphatic carbocycles. The van der Waals surface area contributed by atoms with E-state index >= 15 is 0 Å². The van der Waals surface area contributed by atoms with Crippen LogP contribution >= 0.6 is 15.9 Å². The Labute approximate surface area is 128 Å². The highest BCUT2D eigenvalue weighted by Crippen LogP contribution is 2.12. The van der Waals surface area contributed by atoms with E-state index in [1.54, 1.807) is 12.1 Å². The zero-order chi connectivity index (χ0) is 15.4. The van der Waals surface area contributed by atoms with Gasteiger partial charge in [-0.25, -0.2) is 25.9 Å². The molecule has 0 spiro atoms. The number of nitrogens with one attached hydrogen (secondary N) is 1. The minimum Gasteiger partial charge on any atom is -0.212 e. The van der Waals surface area contributed by atoms with Crippen LogP contribution in [0.2, 0.25) is 0 Å². The Morgan fingerprint density at radius 1 is 1.10 bits per heavy atom. The predicted molar refractivity (Wildman–Crippen MR) is 81.7 cm³/mol. The summed E-state index contributed by atoms with van der Waals surface area (Å²) in [6, 6.07) is 6.36. The summed E-state index contributed by atoms with van der Waals surface area (Å²) < 4.78 is 50.3. The van der Waals surface area contributed by atoms with Gasteiger partial charge in [-0.05, 0) is 17.7 Å². The molecule has 114 valence electrons. The van der Waals surface area contributed by atoms with Crippen molar-refractivity contribution >= 4 is 36.0 Å². The molecule has 0 aliphatic rings. The van der Waals surface area contributed by atoms with Crippen molar-refractivity contribution in [2.45, 2.75) is 10.2 Å². The zero-order valence-electron chi connectivity index (χ0n) is 11.2. The van der Waals surface area contributed by atoms with E-state index in [2.05, 4.69) is 20.7 Å². The van der Waals surface area contributed by atoms with Gasteiger partial charge in [-0.2, -0.15) is 0 Å². The first-order valence-electron chi connectivity index (χ1n) is 5.74. The van der Waals surface area contributed by atoms with Crippen LogP contribution in [-0.2, 0) is 25.4 Å². The SMILES string of the molecule is CN(C)S(=O)(=O)CCNS(=O)(=O)c1ccc(CBr)cc1. The second kappa shape index (κ2) is 6.99. The van der Waals surface area contributed by atoms with Crippen molar-refractivity contribution in [1.82, 2.24) is 9.03 Å². The molecule has 1 aromatic rings. The molecule has 0 unspecified atom stereocenters. The van der Waals surface area contributed by atoms with Gasteiger partial charge in [0.05, 0.1) is 10.6 Å². The Morgan fingerprint density at radius 3 is 2.10 bits per heavy atom. The van der Waals surface area contributed by atoms with Crippen LogP contribution in [0.3, 0.4) is 0 Å². The van der Waals surface area contributed by atoms with E-state index in [0.29, 0.717) is 5.33 Å². The third-order valence-electron chi connectivity index (χ3n) is 2.60. The zero-order valence-corrected chi connectivity index (χ0v) is 14.4. The van der Waals surface area contributed by atoms with Gasteiger partial charge in [-0.15, -0.1) is 0 Å². The minimum atomic E-state index is -3.68. The first kappa shape index (κ1) is 17.6. The minimum absolute atomic E-state index is 0.115. The Morgan fingerprint density at radius 2 is 1.65 bits per heavy atom. The first-order chi connectivity index (χ1) is 9.19. The first-order valence-corrected chi connectivity index (χ1v) is 9.95. The summed E-state index contributed by atoms with van der Waals surface area (Å²) in [6.07, 6.45) is 0. The second-order valence-electron chi connectivity index (χ2n) is 4.27. The highest BCUT2D eigenvalue weighted by atomic mass is 79.9. The van der Waals surface area contributed by atoms with Crippen molar-refractivity contribution in [2.24, 2.45) is 0 Å². The molecule has 0 bridgehead atoms. The van der Waals surface area contributed by atoms with Crippen LogP contribution < -0.4 is 4.72 Å². The van der Waals surface area contributed by atoms with Crippen LogP contribution in [0.15, 0.2) is 29.2 Å². The van der Waals surface area contributed by atoms with Gasteiger partial charge in [0.2, 0.25) is 20.0 Å². The van der Waals surface area contributed by atoms with E-state index in [1.807, 2.05) is 0 Å². The highest BCUT2D eigenvalue weighted by molar-refractivity contribution is 9.08. The average molecular weight is 385 g/mol. The van der Waals surface area contributed by atoms with Gasteiger partial charge < -0.3 is 0 Å². The topological polar surface area (TPSA) is 83.6 Å². The lowest BCUT2D eigenvalue weighted by Crippen LogP contribution is -2.33. The van der Waals surface area contributed by atoms with Crippen molar-refractivity contribution in [2.75, 3.05) is 26.4 Å². The quantitative estimate of drug-likeness (QED) is 0.703. The third kappa shape index (κ3) is 4.81. The normalized spacial score (nSPS) is 12.8. The number of alkyl halides is 1. The summed E-state index contributed by atoms with van der Waals surface area (Å²) in [5.41, 5.74) is 0.958. The molecule has 0 atom stereocenters. The molecule has 0 saturated carbocycles. The van der Waals surface area contributed by atoms with Gasteiger partial charge in [0, 0.05) is 26.0 Å². The van der Waals surface area contributed by atoms with Crippen LogP contribution in [-0.4, -0.2) is 47.5 Å². The molecule has 1 rings (SSSR count). The maximum atomic E-state index is 12.0. The summed E-state index contributed by atoms with van der Waals surface area (Å²) in [6.45, 7) is -0.164. The van der Waals surface area contributed by atoms with Crippen LogP contribution in [0.1, 0.15) is 5.56 Å². The lowest BCUT2D eigenvalue weighted by molar-refractivity contribution is 0.519. The van der Waals surface area contributed by atoms with Gasteiger partial charge >= 0.3 is 0 Å². The second-order valence-corrected chi connectivity index (χ2v) is 8.90. The molecular formula is C11H17BrN2O4S2. The molecule has 0 saturated heterocycles. The van der Waals surface area contributed by atoms with Gasteiger partial charge in [0.1, 0.15) is 0 Å². The smallest absolute Gasteiger partial charge is 0.212 e. The summed E-state index contributed by atoms with van der Waals surface area (Å²) in [5, 5.41) is 0.641. The summed E-state index contributed by atoms with van der Waals surface area (Å²) in [4.78, 5) is 0.115. The number of sulfonamides is 2. The van der Waals surface area contributed by atoms with Gasteiger partial charge in [0.25, 0.3) is 0 Å². The molecule has 0 aromatic heterocycles. The molecular weight excluding hydrogens is 368 g/mol. The molecule has 0 fully saturated rings. The maximum Gasteiger partial charge on any atom is 0.240 e. The van der Waals surface area contributed by atoms with Crippen LogP contribution in [0, 0.1) is 0 Å². The lowest BCUT2D eigenvalue weighted by atomic mass is 10.2. The van der Waals surface area contributed by atoms with Crippen LogP contribution in [0.25, 0.3) is 0 Å². The van der Waals surface area contributed by atoms with Crippen LogP contribution in [0.4, 0.5) is 0 Å². The lowest BCUT2D eigenvalue weighted by Gasteiger charge is -2.12. The number of benzene rings is 1. The van der Waals surface area contributed by atoms with E-state index in [-0.39, 0.29) is 17.2 Å². The molecule has 6 nitrogen and oxygen atoms in total. The fourth-order valence-electron chi connectivity index (χ4n) is 1.33. The summed E-state index contributed by atoms with van der Waals surface area (Å²) >= 11 is 3.27. The van der Waals surface area contributed by atoms with E-state index in [4.69, 9.17) is 0 Å². The molecule has 0 amide bonds. The molecule has 1 N–H and O–H groups in total. The van der Waals surface area contributed by atoms with E-state index in [0.717, 1.165) is 9.87 Å². The standard InChI is InChI=1S/C11H17BrN2O4S2/c1-14(2)19(15,16)8-7-13-20(17,18)11-5-3-10(9-12)4-6-11/h3-6,13H,7-9H2,1-2H3. The number of hydrogen-bond donors (Lipinski definition) is 1. The third-order valence-corrected chi connectivity index (χ3v) is 6.55. The van der Waals surface area contributed by atoms with E-state index < -0.39 is 20.0 Å². The molecule has 1 aromatic carbocycles. The summed E-state index contributed by atoms with van der Waals surface area (Å²) in [7, 11) is -4.28. The van der Waals surface area contributed by atoms with Gasteiger partial charge in [-0.3, -0.25) is 0 Å². The maximum absolute atomic E-state index is 12.0. The van der Waals surface area contributed by atoms with E-state index in [9.17, 15) is 16.8 Å². The van der Waals surface area contributed by atoms with Gasteiger partial charge in [0.15, 0.2) is 0 Å². The molecule has 9 heteroatoms. The number of nitrogens with zero attached hydrogens (tertiary/aromatic N) is 1. The molecule has 0 radical (unpaired) electrons. The monoisotopic (exact) mass is 384 g/mol. The summed E-state index contributed by atoms with van der Waals surface area (Å²) in [5.74, 6) is -0.279. The van der Waals surface area contributed by atoms with Crippen LogP contribution in [0.5, 0.6) is 0 Å². The Balaban J connectivity index is 2.71. The van der Waals surface area contributed by atoms with Crippen molar-refractivity contribution in [3.05, 3.63) is 29.8 Å². The molecule has 20 heavy (non-hydrogen) atoms. The van der Waals surface area contributed by atoms with Gasteiger partial charge in [-0.1, -0.05) is 28.1 Å². The Bertz CT molecular complexity index is 640. The van der Waals surface area contributed by atoms with Crippen molar-refractivity contribution in [3.63, 3.8) is 0 Å². The van der Waals surface area contributed by atoms with Crippen molar-refractivity contribution in [3.8, 4) is 0 Å². The fraction of sp³-hybridized carbons (Fsp3) is 0.455. The predicted octanol–water partition coefficient (Wildman–Crippen LogP) is 0.751. The average Bonchev–Trinajstić information content (AvgIpc) is 2.38. The Kier molecular flexibility index (Phi) is 6.14. The molecule has 0 aliphatic heterocycles. The van der Waals surface area contributed by atoms with Crippen molar-refractivity contribution < 1.29 is 16.8 Å². The Hall–Kier alpha value is -0.480. The van der Waals surface area contributed by atoms with Crippen molar-refractivity contribution in [1.29, 1.82) is 0 Å². The molecule has 0 heterocycles. The van der Waals surface area contributed by atoms with E-state index in [1.165, 1.54) is 26.2 Å². The number of halogens is 1. The number of hydrogen-bond acceptors (Lipinski definition) is 4. The number of rotatable bonds is 7. The fourth-order valence-corrected chi connectivity index (χ4v) is 3.59.